The highest BCUT2D eigenvalue weighted by Gasteiger charge is 1.92. The van der Waals surface area contributed by atoms with Crippen LogP contribution < -0.4 is 5.63 Å². The van der Waals surface area contributed by atoms with Gasteiger partial charge >= 0.3 is 5.63 Å². The first kappa shape index (κ1) is 14.4. The van der Waals surface area contributed by atoms with E-state index in [2.05, 4.69) is 13.8 Å². The molecule has 0 amide bonds. The molecular formula is C14H20O2. The van der Waals surface area contributed by atoms with Gasteiger partial charge in [-0.1, -0.05) is 52.3 Å². The highest BCUT2D eigenvalue weighted by molar-refractivity contribution is 5.75. The molecule has 1 heterocycles. The molecule has 0 fully saturated rings. The molecular weight excluding hydrogens is 200 g/mol. The van der Waals surface area contributed by atoms with Crippen molar-refractivity contribution in [2.75, 3.05) is 0 Å². The number of rotatable bonds is 0. The zero-order valence-corrected chi connectivity index (χ0v) is 10.5. The van der Waals surface area contributed by atoms with Crippen LogP contribution in [-0.2, 0) is 0 Å². The van der Waals surface area contributed by atoms with Crippen LogP contribution in [0.2, 0.25) is 0 Å². The van der Waals surface area contributed by atoms with Crippen molar-refractivity contribution >= 4 is 11.0 Å². The predicted molar refractivity (Wildman–Crippen MR) is 69.8 cm³/mol. The Morgan fingerprint density at radius 1 is 1.00 bits per heavy atom. The van der Waals surface area contributed by atoms with E-state index in [0.717, 1.165) is 5.39 Å². The molecule has 0 bridgehead atoms. The smallest absolute Gasteiger partial charge is 0.336 e. The van der Waals surface area contributed by atoms with Crippen molar-refractivity contribution in [3.8, 4) is 0 Å². The Kier molecular flexibility index (Phi) is 7.86. The van der Waals surface area contributed by atoms with Gasteiger partial charge in [-0.2, -0.15) is 0 Å². The Hall–Kier alpha value is -1.57. The molecule has 0 aliphatic carbocycles. The summed E-state index contributed by atoms with van der Waals surface area (Å²) < 4.78 is 4.91. The molecule has 2 rings (SSSR count). The molecule has 16 heavy (non-hydrogen) atoms. The molecule has 2 heteroatoms. The summed E-state index contributed by atoms with van der Waals surface area (Å²) in [6.07, 6.45) is 1.25. The van der Waals surface area contributed by atoms with Crippen LogP contribution in [0.1, 0.15) is 34.1 Å². The van der Waals surface area contributed by atoms with Crippen molar-refractivity contribution in [2.24, 2.45) is 0 Å². The maximum absolute atomic E-state index is 10.7. The lowest BCUT2D eigenvalue weighted by molar-refractivity contribution is 0.561. The van der Waals surface area contributed by atoms with Crippen LogP contribution in [0.15, 0.2) is 45.6 Å². The average Bonchev–Trinajstić information content (AvgIpc) is 2.32. The topological polar surface area (TPSA) is 30.2 Å². The minimum Gasteiger partial charge on any atom is -0.423 e. The monoisotopic (exact) mass is 220 g/mol. The van der Waals surface area contributed by atoms with Crippen molar-refractivity contribution in [1.29, 1.82) is 0 Å². The van der Waals surface area contributed by atoms with Crippen LogP contribution >= 0.6 is 0 Å². The molecule has 0 aliphatic rings. The van der Waals surface area contributed by atoms with E-state index >= 15 is 0 Å². The summed E-state index contributed by atoms with van der Waals surface area (Å²) in [6.45, 7) is 8.25. The van der Waals surface area contributed by atoms with E-state index in [4.69, 9.17) is 4.42 Å². The molecule has 2 nitrogen and oxygen atoms in total. The van der Waals surface area contributed by atoms with Crippen LogP contribution in [0.25, 0.3) is 11.0 Å². The largest absolute Gasteiger partial charge is 0.423 e. The van der Waals surface area contributed by atoms with Gasteiger partial charge in [-0.25, -0.2) is 4.79 Å². The summed E-state index contributed by atoms with van der Waals surface area (Å²) >= 11 is 0. The third kappa shape index (κ3) is 4.78. The van der Waals surface area contributed by atoms with Gasteiger partial charge in [0.2, 0.25) is 0 Å². The van der Waals surface area contributed by atoms with Crippen molar-refractivity contribution < 1.29 is 4.42 Å². The maximum atomic E-state index is 10.7. The number of fused-ring (bicyclic) bond motifs is 1. The van der Waals surface area contributed by atoms with E-state index in [-0.39, 0.29) is 5.63 Å². The average molecular weight is 220 g/mol. The number of para-hydroxylation sites is 1. The van der Waals surface area contributed by atoms with Gasteiger partial charge in [-0.05, 0) is 12.1 Å². The van der Waals surface area contributed by atoms with Gasteiger partial charge in [0.1, 0.15) is 5.58 Å². The highest BCUT2D eigenvalue weighted by atomic mass is 16.4. The van der Waals surface area contributed by atoms with Crippen LogP contribution in [0.4, 0.5) is 0 Å². The molecule has 0 unspecified atom stereocenters. The van der Waals surface area contributed by atoms with Gasteiger partial charge in [0.05, 0.1) is 0 Å². The standard InChI is InChI=1S/C9H6O2.C3H8.C2H6/c10-9-6-5-7-3-1-2-4-8(7)11-9;1-3-2;1-2/h1-6H;3H2,1-2H3;1-2H3. The fourth-order valence-electron chi connectivity index (χ4n) is 1.01. The highest BCUT2D eigenvalue weighted by Crippen LogP contribution is 2.08. The molecule has 88 valence electrons. The summed E-state index contributed by atoms with van der Waals surface area (Å²) in [5, 5.41) is 0.951. The Morgan fingerprint density at radius 2 is 1.56 bits per heavy atom. The van der Waals surface area contributed by atoms with Crippen LogP contribution in [0.5, 0.6) is 0 Å². The zero-order chi connectivity index (χ0) is 12.4. The number of benzene rings is 1. The van der Waals surface area contributed by atoms with Crippen LogP contribution in [-0.4, -0.2) is 0 Å². The second-order valence-corrected chi connectivity index (χ2v) is 3.00. The summed E-state index contributed by atoms with van der Waals surface area (Å²) in [6, 6.07) is 10.6. The summed E-state index contributed by atoms with van der Waals surface area (Å²) in [4.78, 5) is 10.7. The first-order chi connectivity index (χ1) is 7.77. The second-order valence-electron chi connectivity index (χ2n) is 3.00. The van der Waals surface area contributed by atoms with Gasteiger partial charge in [-0.15, -0.1) is 0 Å². The van der Waals surface area contributed by atoms with Crippen LogP contribution in [0, 0.1) is 0 Å². The Bertz CT molecular complexity index is 443. The fraction of sp³-hybridized carbons (Fsp3) is 0.357. The van der Waals surface area contributed by atoms with Crippen LogP contribution in [0.3, 0.4) is 0 Å². The van der Waals surface area contributed by atoms with Gasteiger partial charge in [0, 0.05) is 11.5 Å². The zero-order valence-electron chi connectivity index (χ0n) is 10.5. The van der Waals surface area contributed by atoms with E-state index in [0.29, 0.717) is 5.58 Å². The lowest BCUT2D eigenvalue weighted by Crippen LogP contribution is -1.93. The van der Waals surface area contributed by atoms with Crippen molar-refractivity contribution in [2.45, 2.75) is 34.1 Å². The normalized spacial score (nSPS) is 8.50. The molecule has 0 saturated carbocycles. The van der Waals surface area contributed by atoms with Crippen molar-refractivity contribution in [1.82, 2.24) is 0 Å². The third-order valence-corrected chi connectivity index (χ3v) is 1.53. The van der Waals surface area contributed by atoms with Crippen molar-refractivity contribution in [3.05, 3.63) is 46.8 Å². The van der Waals surface area contributed by atoms with E-state index in [1.165, 1.54) is 12.5 Å². The SMILES string of the molecule is CC.CCC.O=c1ccc2ccccc2o1. The molecule has 0 aliphatic heterocycles. The Morgan fingerprint density at radius 3 is 2.19 bits per heavy atom. The summed E-state index contributed by atoms with van der Waals surface area (Å²) in [5.74, 6) is 0. The number of hydrogen-bond acceptors (Lipinski definition) is 2. The maximum Gasteiger partial charge on any atom is 0.336 e. The van der Waals surface area contributed by atoms with E-state index in [1.807, 2.05) is 32.0 Å². The molecule has 2 aromatic rings. The molecule has 1 aromatic heterocycles. The minimum atomic E-state index is -0.302. The lowest BCUT2D eigenvalue weighted by Gasteiger charge is -1.91. The number of hydrogen-bond donors (Lipinski definition) is 0. The van der Waals surface area contributed by atoms with Gasteiger partial charge in [0.15, 0.2) is 0 Å². The predicted octanol–water partition coefficient (Wildman–Crippen LogP) is 4.24. The minimum absolute atomic E-state index is 0.302. The van der Waals surface area contributed by atoms with Gasteiger partial charge in [0.25, 0.3) is 0 Å². The summed E-state index contributed by atoms with van der Waals surface area (Å²) in [7, 11) is 0. The second kappa shape index (κ2) is 8.72. The molecule has 0 spiro atoms. The van der Waals surface area contributed by atoms with E-state index in [9.17, 15) is 4.79 Å². The molecule has 0 saturated heterocycles. The quantitative estimate of drug-likeness (QED) is 0.622. The lowest BCUT2D eigenvalue weighted by atomic mass is 10.2. The third-order valence-electron chi connectivity index (χ3n) is 1.53. The first-order valence-electron chi connectivity index (χ1n) is 5.76. The fourth-order valence-corrected chi connectivity index (χ4v) is 1.01. The van der Waals surface area contributed by atoms with Gasteiger partial charge in [-0.3, -0.25) is 0 Å². The Labute approximate surface area is 96.9 Å². The molecule has 0 N–H and O–H groups in total. The molecule has 0 radical (unpaired) electrons. The molecule has 1 aromatic carbocycles. The van der Waals surface area contributed by atoms with E-state index in [1.54, 1.807) is 12.1 Å². The summed E-state index contributed by atoms with van der Waals surface area (Å²) in [5.41, 5.74) is 0.337. The van der Waals surface area contributed by atoms with Crippen molar-refractivity contribution in [3.63, 3.8) is 0 Å². The Balaban J connectivity index is 0.000000394. The van der Waals surface area contributed by atoms with E-state index < -0.39 is 0 Å². The first-order valence-corrected chi connectivity index (χ1v) is 5.76. The molecule has 0 atom stereocenters. The van der Waals surface area contributed by atoms with Gasteiger partial charge < -0.3 is 4.42 Å².